The zero-order valence-corrected chi connectivity index (χ0v) is 9.96. The third-order valence-corrected chi connectivity index (χ3v) is 2.39. The molecule has 1 atom stereocenters. The molecule has 1 aromatic carbocycles. The van der Waals surface area contributed by atoms with Crippen LogP contribution in [-0.2, 0) is 0 Å². The summed E-state index contributed by atoms with van der Waals surface area (Å²) in [6, 6.07) is 3.12. The summed E-state index contributed by atoms with van der Waals surface area (Å²) in [4.78, 5) is 0. The Hall–Kier alpha value is -1.20. The summed E-state index contributed by atoms with van der Waals surface area (Å²) >= 11 is 0. The first-order chi connectivity index (χ1) is 8.00. The molecule has 3 nitrogen and oxygen atoms in total. The molecule has 2 N–H and O–H groups in total. The van der Waals surface area contributed by atoms with Crippen LogP contribution in [0.4, 0.5) is 8.78 Å². The second kappa shape index (κ2) is 5.93. The van der Waals surface area contributed by atoms with E-state index in [9.17, 15) is 13.9 Å². The molecule has 17 heavy (non-hydrogen) atoms. The highest BCUT2D eigenvalue weighted by molar-refractivity contribution is 5.24. The molecule has 0 bridgehead atoms. The van der Waals surface area contributed by atoms with E-state index in [2.05, 4.69) is 5.32 Å². The van der Waals surface area contributed by atoms with E-state index in [1.807, 2.05) is 6.92 Å². The second-order valence-corrected chi connectivity index (χ2v) is 4.11. The summed E-state index contributed by atoms with van der Waals surface area (Å²) < 4.78 is 31.2. The van der Waals surface area contributed by atoms with Crippen LogP contribution in [-0.4, -0.2) is 30.4 Å². The van der Waals surface area contributed by atoms with Crippen LogP contribution in [0, 0.1) is 11.6 Å². The first-order valence-electron chi connectivity index (χ1n) is 5.44. The van der Waals surface area contributed by atoms with Crippen LogP contribution >= 0.6 is 0 Å². The van der Waals surface area contributed by atoms with Crippen molar-refractivity contribution in [2.75, 3.05) is 19.8 Å². The Morgan fingerprint density at radius 2 is 2.12 bits per heavy atom. The maximum atomic E-state index is 13.3. The van der Waals surface area contributed by atoms with E-state index in [1.165, 1.54) is 6.07 Å². The Morgan fingerprint density at radius 3 is 2.65 bits per heavy atom. The lowest BCUT2D eigenvalue weighted by atomic mass is 10.1. The quantitative estimate of drug-likeness (QED) is 0.801. The highest BCUT2D eigenvalue weighted by Gasteiger charge is 2.23. The number of halogens is 2. The molecule has 0 saturated carbocycles. The van der Waals surface area contributed by atoms with Crippen LogP contribution in [0.3, 0.4) is 0 Å². The lowest BCUT2D eigenvalue weighted by molar-refractivity contribution is 0.115. The number of rotatable bonds is 6. The average molecular weight is 245 g/mol. The van der Waals surface area contributed by atoms with Crippen molar-refractivity contribution in [3.05, 3.63) is 29.8 Å². The molecule has 0 aromatic heterocycles. The summed E-state index contributed by atoms with van der Waals surface area (Å²) in [5.74, 6) is -1.42. The van der Waals surface area contributed by atoms with E-state index < -0.39 is 17.2 Å². The standard InChI is InChI=1S/C12H17F2NO2/c1-3-15-12(2,7-16)8-17-11-5-4-9(13)6-10(11)14/h4-6,15-16H,3,7-8H2,1-2H3. The highest BCUT2D eigenvalue weighted by atomic mass is 19.1. The molecule has 1 aromatic rings. The second-order valence-electron chi connectivity index (χ2n) is 4.11. The maximum absolute atomic E-state index is 13.3. The fourth-order valence-electron chi connectivity index (χ4n) is 1.41. The Bertz CT molecular complexity index is 374. The van der Waals surface area contributed by atoms with Gasteiger partial charge in [-0.2, -0.15) is 0 Å². The minimum atomic E-state index is -0.748. The molecule has 0 fully saturated rings. The number of hydrogen-bond donors (Lipinski definition) is 2. The van der Waals surface area contributed by atoms with Crippen LogP contribution in [0.1, 0.15) is 13.8 Å². The molecule has 5 heteroatoms. The van der Waals surface area contributed by atoms with Crippen molar-refractivity contribution < 1.29 is 18.6 Å². The summed E-state index contributed by atoms with van der Waals surface area (Å²) in [7, 11) is 0. The minimum Gasteiger partial charge on any atom is -0.489 e. The van der Waals surface area contributed by atoms with Crippen LogP contribution in [0.15, 0.2) is 18.2 Å². The highest BCUT2D eigenvalue weighted by Crippen LogP contribution is 2.19. The van der Waals surface area contributed by atoms with E-state index in [0.29, 0.717) is 6.54 Å². The number of ether oxygens (including phenoxy) is 1. The van der Waals surface area contributed by atoms with Crippen molar-refractivity contribution in [1.29, 1.82) is 0 Å². The number of likely N-dealkylation sites (N-methyl/N-ethyl adjacent to an activating group) is 1. The Labute approximate surface area is 99.4 Å². The molecule has 0 aliphatic heterocycles. The Kier molecular flexibility index (Phi) is 4.84. The van der Waals surface area contributed by atoms with Crippen LogP contribution in [0.2, 0.25) is 0 Å². The van der Waals surface area contributed by atoms with Gasteiger partial charge in [-0.3, -0.25) is 0 Å². The van der Waals surface area contributed by atoms with Gasteiger partial charge in [0, 0.05) is 6.07 Å². The lowest BCUT2D eigenvalue weighted by Crippen LogP contribution is -2.50. The van der Waals surface area contributed by atoms with Gasteiger partial charge in [-0.1, -0.05) is 6.92 Å². The van der Waals surface area contributed by atoms with Crippen LogP contribution in [0.5, 0.6) is 5.75 Å². The van der Waals surface area contributed by atoms with Gasteiger partial charge in [0.05, 0.1) is 12.1 Å². The van der Waals surface area contributed by atoms with Crippen molar-refractivity contribution in [3.63, 3.8) is 0 Å². The van der Waals surface area contributed by atoms with Crippen molar-refractivity contribution >= 4 is 0 Å². The molecular weight excluding hydrogens is 228 g/mol. The van der Waals surface area contributed by atoms with Crippen molar-refractivity contribution in [1.82, 2.24) is 5.32 Å². The molecule has 0 aliphatic carbocycles. The predicted molar refractivity (Wildman–Crippen MR) is 61.0 cm³/mol. The lowest BCUT2D eigenvalue weighted by Gasteiger charge is -2.28. The summed E-state index contributed by atoms with van der Waals surface area (Å²) in [6.07, 6.45) is 0. The molecule has 0 heterocycles. The number of aliphatic hydroxyl groups is 1. The molecule has 1 rings (SSSR count). The SMILES string of the molecule is CCNC(C)(CO)COc1ccc(F)cc1F. The monoisotopic (exact) mass is 245 g/mol. The Balaban J connectivity index is 2.65. The Morgan fingerprint density at radius 1 is 1.41 bits per heavy atom. The summed E-state index contributed by atoms with van der Waals surface area (Å²) in [5, 5.41) is 12.2. The number of aliphatic hydroxyl groups excluding tert-OH is 1. The number of nitrogens with one attached hydrogen (secondary N) is 1. The molecule has 0 radical (unpaired) electrons. The minimum absolute atomic E-state index is 0.0241. The average Bonchev–Trinajstić information content (AvgIpc) is 2.28. The molecule has 0 spiro atoms. The predicted octanol–water partition coefficient (Wildman–Crippen LogP) is 1.70. The zero-order chi connectivity index (χ0) is 12.9. The fraction of sp³-hybridized carbons (Fsp3) is 0.500. The van der Waals surface area contributed by atoms with E-state index in [1.54, 1.807) is 6.92 Å². The molecular formula is C12H17F2NO2. The number of benzene rings is 1. The van der Waals surface area contributed by atoms with Crippen molar-refractivity contribution in [3.8, 4) is 5.75 Å². The number of hydrogen-bond acceptors (Lipinski definition) is 3. The smallest absolute Gasteiger partial charge is 0.167 e. The van der Waals surface area contributed by atoms with Crippen molar-refractivity contribution in [2.24, 2.45) is 0 Å². The van der Waals surface area contributed by atoms with Gasteiger partial charge in [0.25, 0.3) is 0 Å². The van der Waals surface area contributed by atoms with Gasteiger partial charge in [-0.25, -0.2) is 8.78 Å². The van der Waals surface area contributed by atoms with Gasteiger partial charge in [0.15, 0.2) is 11.6 Å². The summed E-state index contributed by atoms with van der Waals surface area (Å²) in [5.41, 5.74) is -0.643. The first kappa shape index (κ1) is 13.9. The van der Waals surface area contributed by atoms with Crippen LogP contribution in [0.25, 0.3) is 0 Å². The zero-order valence-electron chi connectivity index (χ0n) is 9.96. The topological polar surface area (TPSA) is 41.5 Å². The molecule has 0 aliphatic rings. The van der Waals surface area contributed by atoms with Gasteiger partial charge in [0.1, 0.15) is 12.4 Å². The van der Waals surface area contributed by atoms with Gasteiger partial charge in [-0.05, 0) is 25.6 Å². The summed E-state index contributed by atoms with van der Waals surface area (Å²) in [6.45, 7) is 4.28. The third kappa shape index (κ3) is 3.94. The first-order valence-corrected chi connectivity index (χ1v) is 5.44. The molecule has 0 amide bonds. The van der Waals surface area contributed by atoms with E-state index in [4.69, 9.17) is 4.74 Å². The molecule has 96 valence electrons. The van der Waals surface area contributed by atoms with Gasteiger partial charge >= 0.3 is 0 Å². The van der Waals surface area contributed by atoms with E-state index in [0.717, 1.165) is 12.1 Å². The normalized spacial score (nSPS) is 14.4. The van der Waals surface area contributed by atoms with Gasteiger partial charge in [-0.15, -0.1) is 0 Å². The van der Waals surface area contributed by atoms with E-state index in [-0.39, 0.29) is 19.0 Å². The fourth-order valence-corrected chi connectivity index (χ4v) is 1.41. The third-order valence-electron chi connectivity index (χ3n) is 2.39. The van der Waals surface area contributed by atoms with Crippen LogP contribution < -0.4 is 10.1 Å². The van der Waals surface area contributed by atoms with E-state index >= 15 is 0 Å². The largest absolute Gasteiger partial charge is 0.489 e. The maximum Gasteiger partial charge on any atom is 0.167 e. The van der Waals surface area contributed by atoms with Crippen molar-refractivity contribution in [2.45, 2.75) is 19.4 Å². The van der Waals surface area contributed by atoms with Gasteiger partial charge in [0.2, 0.25) is 0 Å². The van der Waals surface area contributed by atoms with Gasteiger partial charge < -0.3 is 15.2 Å². The molecule has 1 unspecified atom stereocenters. The molecule has 0 saturated heterocycles.